The first-order valence-corrected chi connectivity index (χ1v) is 14.6. The van der Waals surface area contributed by atoms with Crippen molar-refractivity contribution in [3.05, 3.63) is 63.7 Å². The first kappa shape index (κ1) is 31.0. The van der Waals surface area contributed by atoms with Gasteiger partial charge in [0, 0.05) is 23.0 Å². The maximum absolute atomic E-state index is 13.9. The number of phenols is 1. The Balaban J connectivity index is 1.54. The highest BCUT2D eigenvalue weighted by Crippen LogP contribution is 2.52. The Labute approximate surface area is 254 Å². The number of ketones is 4. The molecule has 228 valence electrons. The molecule has 3 aliphatic rings. The van der Waals surface area contributed by atoms with Crippen LogP contribution in [0.5, 0.6) is 5.75 Å². The normalized spacial score (nSPS) is 29.0. The molecular weight excluding hydrogens is 574 g/mol. The lowest BCUT2D eigenvalue weighted by Gasteiger charge is -2.52. The predicted octanol–water partition coefficient (Wildman–Crippen LogP) is 1.89. The molecule has 0 saturated heterocycles. The topological polar surface area (TPSA) is 158 Å². The fraction of sp³-hybridized carbons (Fsp3) is 0.469. The second-order valence-electron chi connectivity index (χ2n) is 12.8. The minimum Gasteiger partial charge on any atom is -0.507 e. The smallest absolute Gasteiger partial charge is 0.235 e. The number of nitrogens with zero attached hydrogens (tertiary/aromatic N) is 2. The number of Topliss-reactive ketones (excluding diaryl/α,β-unsaturated/α-hetero) is 4. The van der Waals surface area contributed by atoms with Crippen LogP contribution in [0.25, 0.3) is 0 Å². The zero-order valence-electron chi connectivity index (χ0n) is 24.8. The SMILES string of the molecule is CN(C)[C@@H]1C(=O)C(C(N)=O)C(=O)[C@@]2(O)C(=O)C3C(=O)c4c(O)cc(CN(C)C(C)(C)c5ccccc5)c(Cl)c4C[C@H]3C[C@@H]12. The van der Waals surface area contributed by atoms with E-state index in [2.05, 4.69) is 18.7 Å². The molecule has 6 atom stereocenters. The van der Waals surface area contributed by atoms with E-state index in [1.54, 1.807) is 14.1 Å². The minimum atomic E-state index is -2.76. The van der Waals surface area contributed by atoms with Crippen molar-refractivity contribution in [2.75, 3.05) is 21.1 Å². The molecule has 11 heteroatoms. The zero-order valence-corrected chi connectivity index (χ0v) is 25.5. The zero-order chi connectivity index (χ0) is 31.8. The Hall–Kier alpha value is -3.44. The first-order valence-electron chi connectivity index (χ1n) is 14.2. The number of nitrogens with two attached hydrogens (primary N) is 1. The van der Waals surface area contributed by atoms with Gasteiger partial charge in [-0.1, -0.05) is 41.9 Å². The number of benzene rings is 2. The van der Waals surface area contributed by atoms with Gasteiger partial charge >= 0.3 is 0 Å². The number of rotatable bonds is 6. The van der Waals surface area contributed by atoms with Crippen molar-refractivity contribution in [3.8, 4) is 5.75 Å². The highest BCUT2D eigenvalue weighted by Gasteiger charge is 2.69. The Morgan fingerprint density at radius 3 is 2.30 bits per heavy atom. The van der Waals surface area contributed by atoms with Crippen LogP contribution in [0.2, 0.25) is 5.02 Å². The van der Waals surface area contributed by atoms with Crippen LogP contribution in [0.4, 0.5) is 0 Å². The van der Waals surface area contributed by atoms with Crippen molar-refractivity contribution < 1.29 is 34.2 Å². The van der Waals surface area contributed by atoms with E-state index in [-0.39, 0.29) is 29.2 Å². The van der Waals surface area contributed by atoms with E-state index in [0.717, 1.165) is 5.56 Å². The predicted molar refractivity (Wildman–Crippen MR) is 157 cm³/mol. The number of fused-ring (bicyclic) bond motifs is 3. The van der Waals surface area contributed by atoms with Crippen molar-refractivity contribution >= 4 is 40.6 Å². The summed E-state index contributed by atoms with van der Waals surface area (Å²) in [5, 5.41) is 23.1. The molecule has 2 unspecified atom stereocenters. The molecule has 0 spiro atoms. The number of hydrogen-bond donors (Lipinski definition) is 3. The van der Waals surface area contributed by atoms with Crippen LogP contribution in [0, 0.1) is 23.7 Å². The molecule has 10 nitrogen and oxygen atoms in total. The van der Waals surface area contributed by atoms with E-state index >= 15 is 0 Å². The number of phenolic OH excluding ortho intramolecular Hbond substituents is 1. The summed E-state index contributed by atoms with van der Waals surface area (Å²) in [6.07, 6.45) is 0.0734. The number of carbonyl (C=O) groups is 5. The average Bonchev–Trinajstić information content (AvgIpc) is 2.93. The highest BCUT2D eigenvalue weighted by atomic mass is 35.5. The molecule has 5 rings (SSSR count). The van der Waals surface area contributed by atoms with Gasteiger partial charge in [-0.05, 0) is 76.5 Å². The first-order chi connectivity index (χ1) is 20.0. The number of primary amides is 1. The molecule has 43 heavy (non-hydrogen) atoms. The van der Waals surface area contributed by atoms with Gasteiger partial charge in [-0.15, -0.1) is 0 Å². The van der Waals surface area contributed by atoms with Gasteiger partial charge in [0.25, 0.3) is 0 Å². The Bertz CT molecular complexity index is 1560. The summed E-state index contributed by atoms with van der Waals surface area (Å²) >= 11 is 6.92. The summed E-state index contributed by atoms with van der Waals surface area (Å²) in [7, 11) is 5.02. The molecule has 0 aromatic heterocycles. The molecule has 0 bridgehead atoms. The largest absolute Gasteiger partial charge is 0.507 e. The van der Waals surface area contributed by atoms with Gasteiger partial charge in [-0.25, -0.2) is 0 Å². The minimum absolute atomic E-state index is 0.0356. The monoisotopic (exact) mass is 609 g/mol. The van der Waals surface area contributed by atoms with Crippen LogP contribution in [0.3, 0.4) is 0 Å². The number of hydrogen-bond acceptors (Lipinski definition) is 9. The van der Waals surface area contributed by atoms with Crippen LogP contribution >= 0.6 is 11.6 Å². The molecule has 2 saturated carbocycles. The van der Waals surface area contributed by atoms with E-state index in [1.165, 1.54) is 11.0 Å². The summed E-state index contributed by atoms with van der Waals surface area (Å²) in [5.41, 5.74) is 4.13. The van der Waals surface area contributed by atoms with Crippen LogP contribution in [0.1, 0.15) is 47.3 Å². The number of carbonyl (C=O) groups excluding carboxylic acids is 5. The molecule has 0 heterocycles. The lowest BCUT2D eigenvalue weighted by molar-refractivity contribution is -0.181. The number of amides is 1. The maximum Gasteiger partial charge on any atom is 0.235 e. The third-order valence-electron chi connectivity index (χ3n) is 9.91. The highest BCUT2D eigenvalue weighted by molar-refractivity contribution is 6.34. The van der Waals surface area contributed by atoms with Crippen molar-refractivity contribution in [2.24, 2.45) is 29.4 Å². The molecule has 0 aliphatic heterocycles. The fourth-order valence-corrected chi connectivity index (χ4v) is 7.63. The van der Waals surface area contributed by atoms with E-state index in [0.29, 0.717) is 17.7 Å². The molecule has 3 aliphatic carbocycles. The molecule has 1 amide bonds. The van der Waals surface area contributed by atoms with Crippen LogP contribution in [-0.4, -0.2) is 81.8 Å². The van der Waals surface area contributed by atoms with Crippen LogP contribution in [0.15, 0.2) is 36.4 Å². The summed E-state index contributed by atoms with van der Waals surface area (Å²) in [6, 6.07) is 10.2. The van der Waals surface area contributed by atoms with Crippen LogP contribution in [-0.2, 0) is 37.7 Å². The summed E-state index contributed by atoms with van der Waals surface area (Å²) in [6.45, 7) is 4.47. The molecule has 4 N–H and O–H groups in total. The Morgan fingerprint density at radius 1 is 1.09 bits per heavy atom. The number of aliphatic hydroxyl groups is 1. The molecule has 0 radical (unpaired) electrons. The number of halogens is 1. The summed E-state index contributed by atoms with van der Waals surface area (Å²) in [4.78, 5) is 70.2. The van der Waals surface area contributed by atoms with Crippen molar-refractivity contribution in [1.29, 1.82) is 0 Å². The van der Waals surface area contributed by atoms with Gasteiger partial charge in [0.05, 0.1) is 17.5 Å². The van der Waals surface area contributed by atoms with E-state index in [9.17, 15) is 34.2 Å². The van der Waals surface area contributed by atoms with Gasteiger partial charge in [-0.3, -0.25) is 33.8 Å². The average molecular weight is 610 g/mol. The van der Waals surface area contributed by atoms with Crippen molar-refractivity contribution in [1.82, 2.24) is 9.80 Å². The van der Waals surface area contributed by atoms with E-state index in [4.69, 9.17) is 17.3 Å². The quantitative estimate of drug-likeness (QED) is 0.416. The fourth-order valence-electron chi connectivity index (χ4n) is 7.34. The van der Waals surface area contributed by atoms with Crippen LogP contribution < -0.4 is 5.73 Å². The lowest BCUT2D eigenvalue weighted by atomic mass is 9.52. The van der Waals surface area contributed by atoms with Crippen molar-refractivity contribution in [3.63, 3.8) is 0 Å². The van der Waals surface area contributed by atoms with Gasteiger partial charge in [-0.2, -0.15) is 0 Å². The summed E-state index contributed by atoms with van der Waals surface area (Å²) in [5.74, 6) is -10.9. The van der Waals surface area contributed by atoms with Gasteiger partial charge < -0.3 is 15.9 Å². The molecule has 2 aromatic carbocycles. The third-order valence-corrected chi connectivity index (χ3v) is 10.4. The molecular formula is C32H36ClN3O7. The van der Waals surface area contributed by atoms with Crippen molar-refractivity contribution in [2.45, 2.75) is 50.4 Å². The standard InChI is InChI=1S/C32H36ClN3O7/c1-31(2,17-9-7-6-8-10-17)36(5)14-16-13-20(37)22-18(24(16)33)11-15-12-19-25(35(3)4)27(39)23(30(34)42)29(41)32(19,43)28(40)21(15)26(22)38/h6-10,13,15,19,21,23,25,37,43H,11-12,14H2,1-5H3,(H2,34,42)/t15-,19-,21?,23?,25-,32-/m0/s1. The van der Waals surface area contributed by atoms with Gasteiger partial charge in [0.2, 0.25) is 5.91 Å². The second-order valence-corrected chi connectivity index (χ2v) is 13.2. The van der Waals surface area contributed by atoms with E-state index < -0.39 is 69.9 Å². The lowest BCUT2D eigenvalue weighted by Crippen LogP contribution is -2.74. The third kappa shape index (κ3) is 4.54. The summed E-state index contributed by atoms with van der Waals surface area (Å²) < 4.78 is 0. The maximum atomic E-state index is 13.9. The van der Waals surface area contributed by atoms with E-state index in [1.807, 2.05) is 37.4 Å². The van der Waals surface area contributed by atoms with Gasteiger partial charge in [0.15, 0.2) is 34.7 Å². The Morgan fingerprint density at radius 2 is 1.72 bits per heavy atom. The number of likely N-dealkylation sites (N-methyl/N-ethyl adjacent to an activating group) is 1. The molecule has 2 fully saturated rings. The number of aromatic hydroxyl groups is 1. The Kier molecular flexibility index (Phi) is 7.66. The van der Waals surface area contributed by atoms with Gasteiger partial charge in [0.1, 0.15) is 5.75 Å². The second kappa shape index (κ2) is 10.6. The molecule has 2 aromatic rings.